The molecule has 0 bridgehead atoms. The van der Waals surface area contributed by atoms with Crippen molar-refractivity contribution in [2.45, 2.75) is 18.8 Å². The third-order valence-electron chi connectivity index (χ3n) is 2.87. The highest BCUT2D eigenvalue weighted by molar-refractivity contribution is 9.10. The molecule has 1 fully saturated rings. The van der Waals surface area contributed by atoms with Crippen LogP contribution in [0.1, 0.15) is 24.6 Å². The van der Waals surface area contributed by atoms with Crippen molar-refractivity contribution in [3.05, 3.63) is 44.9 Å². The van der Waals surface area contributed by atoms with Crippen molar-refractivity contribution < 1.29 is 4.74 Å². The molecule has 0 aliphatic heterocycles. The van der Waals surface area contributed by atoms with Crippen LogP contribution >= 0.6 is 15.9 Å². The van der Waals surface area contributed by atoms with Gasteiger partial charge >= 0.3 is 0 Å². The lowest BCUT2D eigenvalue weighted by Gasteiger charge is -2.08. The van der Waals surface area contributed by atoms with Crippen LogP contribution in [0, 0.1) is 0 Å². The van der Waals surface area contributed by atoms with Gasteiger partial charge in [0.1, 0.15) is 11.6 Å². The van der Waals surface area contributed by atoms with Gasteiger partial charge in [-0.2, -0.15) is 4.98 Å². The standard InChI is InChI=1S/C13H12BrN3O2/c14-9-4-3-8(15)5-10(9)19-12-6-11(18)16-13(17-12)7-1-2-7/h3-7H,1-2,15H2,(H,16,17,18). The van der Waals surface area contributed by atoms with Crippen molar-refractivity contribution in [1.82, 2.24) is 9.97 Å². The van der Waals surface area contributed by atoms with Gasteiger partial charge in [-0.3, -0.25) is 4.79 Å². The predicted molar refractivity (Wildman–Crippen MR) is 75.5 cm³/mol. The average Bonchev–Trinajstić information content (AvgIpc) is 3.17. The van der Waals surface area contributed by atoms with Gasteiger partial charge in [-0.25, -0.2) is 0 Å². The van der Waals surface area contributed by atoms with Crippen LogP contribution in [0.4, 0.5) is 5.69 Å². The fourth-order valence-electron chi connectivity index (χ4n) is 1.77. The predicted octanol–water partition coefficient (Wildman–Crippen LogP) is 2.78. The van der Waals surface area contributed by atoms with Crippen LogP contribution in [-0.2, 0) is 0 Å². The first-order valence-corrected chi connectivity index (χ1v) is 6.75. The van der Waals surface area contributed by atoms with Crippen LogP contribution < -0.4 is 16.0 Å². The number of benzene rings is 1. The number of aromatic nitrogens is 2. The molecule has 1 aliphatic carbocycles. The first kappa shape index (κ1) is 12.2. The molecular formula is C13H12BrN3O2. The molecule has 6 heteroatoms. The number of anilines is 1. The number of nitrogen functional groups attached to an aromatic ring is 1. The largest absolute Gasteiger partial charge is 0.437 e. The number of ether oxygens (including phenoxy) is 1. The number of nitrogens with two attached hydrogens (primary N) is 1. The molecule has 0 radical (unpaired) electrons. The Hall–Kier alpha value is -1.82. The molecule has 1 aromatic heterocycles. The molecule has 3 rings (SSSR count). The molecule has 0 atom stereocenters. The van der Waals surface area contributed by atoms with E-state index in [0.29, 0.717) is 23.2 Å². The van der Waals surface area contributed by atoms with E-state index in [1.165, 1.54) is 6.07 Å². The summed E-state index contributed by atoms with van der Waals surface area (Å²) in [6.45, 7) is 0. The van der Waals surface area contributed by atoms with Crippen molar-refractivity contribution in [2.24, 2.45) is 0 Å². The summed E-state index contributed by atoms with van der Waals surface area (Å²) in [5.41, 5.74) is 6.10. The van der Waals surface area contributed by atoms with E-state index in [4.69, 9.17) is 10.5 Å². The van der Waals surface area contributed by atoms with E-state index in [9.17, 15) is 4.79 Å². The van der Waals surface area contributed by atoms with E-state index >= 15 is 0 Å². The van der Waals surface area contributed by atoms with E-state index in [2.05, 4.69) is 25.9 Å². The first-order valence-electron chi connectivity index (χ1n) is 5.96. The van der Waals surface area contributed by atoms with Gasteiger partial charge in [0.25, 0.3) is 5.56 Å². The van der Waals surface area contributed by atoms with Gasteiger partial charge < -0.3 is 15.5 Å². The van der Waals surface area contributed by atoms with E-state index in [-0.39, 0.29) is 11.4 Å². The number of nitrogens with zero attached hydrogens (tertiary/aromatic N) is 1. The van der Waals surface area contributed by atoms with Crippen LogP contribution in [0.15, 0.2) is 33.5 Å². The summed E-state index contributed by atoms with van der Waals surface area (Å²) in [7, 11) is 0. The Bertz CT molecular complexity index is 680. The lowest BCUT2D eigenvalue weighted by Crippen LogP contribution is -2.10. The molecule has 0 unspecified atom stereocenters. The summed E-state index contributed by atoms with van der Waals surface area (Å²) in [6.07, 6.45) is 2.13. The van der Waals surface area contributed by atoms with E-state index in [1.54, 1.807) is 18.2 Å². The topological polar surface area (TPSA) is 81.0 Å². The summed E-state index contributed by atoms with van der Waals surface area (Å²) in [6, 6.07) is 6.57. The molecule has 1 heterocycles. The Balaban J connectivity index is 1.94. The van der Waals surface area contributed by atoms with Crippen LogP contribution in [-0.4, -0.2) is 9.97 Å². The molecule has 98 valence electrons. The second-order valence-corrected chi connectivity index (χ2v) is 5.39. The van der Waals surface area contributed by atoms with Crippen molar-refractivity contribution in [1.29, 1.82) is 0 Å². The molecule has 0 amide bonds. The molecule has 0 spiro atoms. The quantitative estimate of drug-likeness (QED) is 0.852. The maximum atomic E-state index is 11.6. The van der Waals surface area contributed by atoms with Crippen LogP contribution in [0.2, 0.25) is 0 Å². The SMILES string of the molecule is Nc1ccc(Br)c(Oc2cc(=O)[nH]c(C3CC3)n2)c1. The number of hydrogen-bond acceptors (Lipinski definition) is 4. The van der Waals surface area contributed by atoms with Crippen molar-refractivity contribution >= 4 is 21.6 Å². The fourth-order valence-corrected chi connectivity index (χ4v) is 2.09. The molecule has 3 N–H and O–H groups in total. The summed E-state index contributed by atoms with van der Waals surface area (Å²) in [5, 5.41) is 0. The van der Waals surface area contributed by atoms with Gasteiger partial charge in [0, 0.05) is 17.7 Å². The van der Waals surface area contributed by atoms with Crippen LogP contribution in [0.3, 0.4) is 0 Å². The summed E-state index contributed by atoms with van der Waals surface area (Å²) >= 11 is 3.37. The van der Waals surface area contributed by atoms with Crippen molar-refractivity contribution in [3.63, 3.8) is 0 Å². The zero-order valence-corrected chi connectivity index (χ0v) is 11.6. The maximum absolute atomic E-state index is 11.6. The third-order valence-corrected chi connectivity index (χ3v) is 3.53. The summed E-state index contributed by atoms with van der Waals surface area (Å²) in [4.78, 5) is 18.6. The number of nitrogens with one attached hydrogen (secondary N) is 1. The zero-order valence-electron chi connectivity index (χ0n) is 10.0. The summed E-state index contributed by atoms with van der Waals surface area (Å²) < 4.78 is 6.39. The maximum Gasteiger partial charge on any atom is 0.254 e. The molecule has 19 heavy (non-hydrogen) atoms. The molecular weight excluding hydrogens is 310 g/mol. The Morgan fingerprint density at radius 3 is 2.89 bits per heavy atom. The van der Waals surface area contributed by atoms with Gasteiger partial charge in [0.05, 0.1) is 10.5 Å². The van der Waals surface area contributed by atoms with E-state index in [0.717, 1.165) is 17.3 Å². The van der Waals surface area contributed by atoms with Gasteiger partial charge in [0.15, 0.2) is 0 Å². The number of hydrogen-bond donors (Lipinski definition) is 2. The van der Waals surface area contributed by atoms with E-state index in [1.807, 2.05) is 0 Å². The van der Waals surface area contributed by atoms with Crippen LogP contribution in [0.5, 0.6) is 11.6 Å². The van der Waals surface area contributed by atoms with E-state index < -0.39 is 0 Å². The lowest BCUT2D eigenvalue weighted by molar-refractivity contribution is 0.455. The molecule has 5 nitrogen and oxygen atoms in total. The Labute approximate surface area is 117 Å². The molecule has 1 saturated carbocycles. The normalized spacial score (nSPS) is 14.4. The monoisotopic (exact) mass is 321 g/mol. The van der Waals surface area contributed by atoms with Gasteiger partial charge in [0.2, 0.25) is 5.88 Å². The minimum atomic E-state index is -0.202. The number of halogens is 1. The number of rotatable bonds is 3. The van der Waals surface area contributed by atoms with Crippen molar-refractivity contribution in [3.8, 4) is 11.6 Å². The van der Waals surface area contributed by atoms with Crippen LogP contribution in [0.25, 0.3) is 0 Å². The second-order valence-electron chi connectivity index (χ2n) is 4.54. The second kappa shape index (κ2) is 4.70. The smallest absolute Gasteiger partial charge is 0.254 e. The Morgan fingerprint density at radius 1 is 1.37 bits per heavy atom. The number of aromatic amines is 1. The molecule has 1 aliphatic rings. The molecule has 2 aromatic rings. The average molecular weight is 322 g/mol. The van der Waals surface area contributed by atoms with Crippen molar-refractivity contribution in [2.75, 3.05) is 5.73 Å². The highest BCUT2D eigenvalue weighted by Crippen LogP contribution is 2.38. The lowest BCUT2D eigenvalue weighted by atomic mass is 10.3. The molecule has 1 aromatic carbocycles. The Morgan fingerprint density at radius 2 is 2.16 bits per heavy atom. The minimum absolute atomic E-state index is 0.202. The third kappa shape index (κ3) is 2.78. The van der Waals surface area contributed by atoms with Gasteiger partial charge in [-0.1, -0.05) is 0 Å². The highest BCUT2D eigenvalue weighted by atomic mass is 79.9. The van der Waals surface area contributed by atoms with Gasteiger partial charge in [-0.05, 0) is 40.9 Å². The zero-order chi connectivity index (χ0) is 13.4. The van der Waals surface area contributed by atoms with Gasteiger partial charge in [-0.15, -0.1) is 0 Å². The Kier molecular flexibility index (Phi) is 3.02. The minimum Gasteiger partial charge on any atom is -0.437 e. The number of H-pyrrole nitrogens is 1. The first-order chi connectivity index (χ1) is 9.11. The summed E-state index contributed by atoms with van der Waals surface area (Å²) in [5.74, 6) is 1.89. The molecule has 0 saturated heterocycles. The fraction of sp³-hybridized carbons (Fsp3) is 0.231. The highest BCUT2D eigenvalue weighted by Gasteiger charge is 2.26.